The third-order valence-corrected chi connectivity index (χ3v) is 1.86. The fourth-order valence-electron chi connectivity index (χ4n) is 1.53. The molecule has 0 saturated heterocycles. The quantitative estimate of drug-likeness (QED) is 0.667. The summed E-state index contributed by atoms with van der Waals surface area (Å²) in [6.07, 6.45) is 3.48. The Morgan fingerprint density at radius 3 is 2.09 bits per heavy atom. The molecule has 0 saturated carbocycles. The molecule has 0 aliphatic carbocycles. The predicted molar refractivity (Wildman–Crippen MR) is 49.6 cm³/mol. The molecule has 0 unspecified atom stereocenters. The zero-order chi connectivity index (χ0) is 8.91. The van der Waals surface area contributed by atoms with E-state index in [-0.39, 0.29) is 0 Å². The fraction of sp³-hybridized carbons (Fsp3) is 1.00. The van der Waals surface area contributed by atoms with Crippen LogP contribution < -0.4 is 0 Å². The molecule has 68 valence electrons. The van der Waals surface area contributed by atoms with Crippen LogP contribution >= 0.6 is 0 Å². The van der Waals surface area contributed by atoms with Gasteiger partial charge in [0.2, 0.25) is 0 Å². The van der Waals surface area contributed by atoms with Gasteiger partial charge in [-0.1, -0.05) is 34.1 Å². The summed E-state index contributed by atoms with van der Waals surface area (Å²) in [6.45, 7) is 9.21. The minimum absolute atomic E-state index is 0.352. The molecule has 0 aliphatic rings. The van der Waals surface area contributed by atoms with Crippen molar-refractivity contribution in [3.8, 4) is 0 Å². The van der Waals surface area contributed by atoms with E-state index in [1.807, 2.05) is 0 Å². The van der Waals surface area contributed by atoms with Crippen molar-refractivity contribution in [1.82, 2.24) is 0 Å². The fourth-order valence-corrected chi connectivity index (χ4v) is 1.53. The van der Waals surface area contributed by atoms with Crippen LogP contribution in [0.1, 0.15) is 47.0 Å². The molecule has 0 heterocycles. The largest absolute Gasteiger partial charge is 0.396 e. The average molecular weight is 158 g/mol. The zero-order valence-corrected chi connectivity index (χ0v) is 8.35. The van der Waals surface area contributed by atoms with Crippen molar-refractivity contribution in [2.75, 3.05) is 6.61 Å². The minimum atomic E-state index is 0.352. The maximum atomic E-state index is 9.02. The van der Waals surface area contributed by atoms with Crippen molar-refractivity contribution in [2.45, 2.75) is 47.0 Å². The first-order chi connectivity index (χ1) is 4.99. The van der Waals surface area contributed by atoms with Gasteiger partial charge in [-0.05, 0) is 24.2 Å². The number of aliphatic hydroxyl groups excluding tert-OH is 1. The van der Waals surface area contributed by atoms with Gasteiger partial charge < -0.3 is 5.11 Å². The lowest BCUT2D eigenvalue weighted by molar-refractivity contribution is 0.170. The van der Waals surface area contributed by atoms with Crippen molar-refractivity contribution in [1.29, 1.82) is 0 Å². The second-order valence-corrected chi connectivity index (χ2v) is 4.60. The number of hydrogen-bond donors (Lipinski definition) is 1. The third-order valence-electron chi connectivity index (χ3n) is 1.86. The van der Waals surface area contributed by atoms with E-state index in [0.717, 1.165) is 12.8 Å². The number of hydrogen-bond acceptors (Lipinski definition) is 1. The van der Waals surface area contributed by atoms with E-state index in [2.05, 4.69) is 27.7 Å². The number of rotatable bonds is 4. The van der Waals surface area contributed by atoms with E-state index in [0.29, 0.717) is 17.9 Å². The molecule has 1 atom stereocenters. The highest BCUT2D eigenvalue weighted by Crippen LogP contribution is 2.26. The summed E-state index contributed by atoms with van der Waals surface area (Å²) >= 11 is 0. The normalized spacial score (nSPS) is 15.0. The first-order valence-corrected chi connectivity index (χ1v) is 4.60. The summed E-state index contributed by atoms with van der Waals surface area (Å²) in [5.74, 6) is 0.514. The van der Waals surface area contributed by atoms with Crippen LogP contribution in [0, 0.1) is 11.3 Å². The molecule has 11 heavy (non-hydrogen) atoms. The summed E-state index contributed by atoms with van der Waals surface area (Å²) in [4.78, 5) is 0. The standard InChI is InChI=1S/C10H22O/c1-5-6-9(8-11)7-10(2,3)4/h9,11H,5-8H2,1-4H3/t9-/m1/s1. The molecule has 0 rings (SSSR count). The van der Waals surface area contributed by atoms with Gasteiger partial charge in [-0.2, -0.15) is 0 Å². The zero-order valence-electron chi connectivity index (χ0n) is 8.35. The molecule has 0 aromatic heterocycles. The van der Waals surface area contributed by atoms with E-state index in [4.69, 9.17) is 5.11 Å². The van der Waals surface area contributed by atoms with Gasteiger partial charge in [-0.25, -0.2) is 0 Å². The molecule has 0 amide bonds. The first-order valence-electron chi connectivity index (χ1n) is 4.60. The Labute approximate surface area is 70.8 Å². The molecule has 0 radical (unpaired) electrons. The lowest BCUT2D eigenvalue weighted by Crippen LogP contribution is -2.16. The lowest BCUT2D eigenvalue weighted by atomic mass is 9.83. The highest BCUT2D eigenvalue weighted by Gasteiger charge is 2.16. The van der Waals surface area contributed by atoms with Gasteiger partial charge in [-0.15, -0.1) is 0 Å². The van der Waals surface area contributed by atoms with Crippen LogP contribution in [0.25, 0.3) is 0 Å². The van der Waals surface area contributed by atoms with Crippen LogP contribution in [-0.2, 0) is 0 Å². The van der Waals surface area contributed by atoms with E-state index >= 15 is 0 Å². The predicted octanol–water partition coefficient (Wildman–Crippen LogP) is 2.83. The van der Waals surface area contributed by atoms with E-state index in [9.17, 15) is 0 Å². The van der Waals surface area contributed by atoms with Gasteiger partial charge in [0.05, 0.1) is 0 Å². The summed E-state index contributed by atoms with van der Waals surface area (Å²) in [6, 6.07) is 0. The maximum Gasteiger partial charge on any atom is 0.0459 e. The van der Waals surface area contributed by atoms with Crippen LogP contribution in [-0.4, -0.2) is 11.7 Å². The Balaban J connectivity index is 3.68. The van der Waals surface area contributed by atoms with E-state index in [1.165, 1.54) is 6.42 Å². The Morgan fingerprint density at radius 1 is 1.27 bits per heavy atom. The van der Waals surface area contributed by atoms with Crippen LogP contribution in [0.5, 0.6) is 0 Å². The monoisotopic (exact) mass is 158 g/mol. The van der Waals surface area contributed by atoms with Crippen molar-refractivity contribution in [3.63, 3.8) is 0 Å². The summed E-state index contributed by atoms with van der Waals surface area (Å²) in [7, 11) is 0. The van der Waals surface area contributed by atoms with Gasteiger partial charge in [0.15, 0.2) is 0 Å². The molecule has 0 fully saturated rings. The van der Waals surface area contributed by atoms with E-state index in [1.54, 1.807) is 0 Å². The average Bonchev–Trinajstić information content (AvgIpc) is 1.84. The van der Waals surface area contributed by atoms with Gasteiger partial charge >= 0.3 is 0 Å². The summed E-state index contributed by atoms with van der Waals surface area (Å²) in [5.41, 5.74) is 0.364. The highest BCUT2D eigenvalue weighted by molar-refractivity contribution is 4.68. The first kappa shape index (κ1) is 11.0. The summed E-state index contributed by atoms with van der Waals surface area (Å²) < 4.78 is 0. The van der Waals surface area contributed by atoms with Crippen LogP contribution in [0.3, 0.4) is 0 Å². The highest BCUT2D eigenvalue weighted by atomic mass is 16.3. The van der Waals surface area contributed by atoms with Gasteiger partial charge in [-0.3, -0.25) is 0 Å². The Morgan fingerprint density at radius 2 is 1.82 bits per heavy atom. The van der Waals surface area contributed by atoms with E-state index < -0.39 is 0 Å². The molecule has 0 spiro atoms. The van der Waals surface area contributed by atoms with Crippen LogP contribution in [0.15, 0.2) is 0 Å². The lowest BCUT2D eigenvalue weighted by Gasteiger charge is -2.24. The third kappa shape index (κ3) is 6.36. The minimum Gasteiger partial charge on any atom is -0.396 e. The Kier molecular flexibility index (Phi) is 4.74. The van der Waals surface area contributed by atoms with Crippen molar-refractivity contribution < 1.29 is 5.11 Å². The Hall–Kier alpha value is -0.0400. The van der Waals surface area contributed by atoms with Crippen molar-refractivity contribution >= 4 is 0 Å². The van der Waals surface area contributed by atoms with Crippen LogP contribution in [0.4, 0.5) is 0 Å². The molecular weight excluding hydrogens is 136 g/mol. The second kappa shape index (κ2) is 4.76. The summed E-state index contributed by atoms with van der Waals surface area (Å²) in [5, 5.41) is 9.02. The molecule has 0 aliphatic heterocycles. The Bertz CT molecular complexity index is 91.5. The van der Waals surface area contributed by atoms with Crippen LogP contribution in [0.2, 0.25) is 0 Å². The molecule has 0 aromatic rings. The topological polar surface area (TPSA) is 20.2 Å². The van der Waals surface area contributed by atoms with Crippen molar-refractivity contribution in [2.24, 2.45) is 11.3 Å². The molecule has 0 bridgehead atoms. The number of aliphatic hydroxyl groups is 1. The maximum absolute atomic E-state index is 9.02. The van der Waals surface area contributed by atoms with Gasteiger partial charge in [0.25, 0.3) is 0 Å². The smallest absolute Gasteiger partial charge is 0.0459 e. The molecule has 1 nitrogen and oxygen atoms in total. The van der Waals surface area contributed by atoms with Gasteiger partial charge in [0, 0.05) is 6.61 Å². The second-order valence-electron chi connectivity index (χ2n) is 4.60. The molecule has 0 aromatic carbocycles. The SMILES string of the molecule is CCC[C@@H](CO)CC(C)(C)C. The molecule has 1 N–H and O–H groups in total. The van der Waals surface area contributed by atoms with Crippen molar-refractivity contribution in [3.05, 3.63) is 0 Å². The molecule has 1 heteroatoms. The van der Waals surface area contributed by atoms with Gasteiger partial charge in [0.1, 0.15) is 0 Å². The molecular formula is C10H22O.